The molecule has 0 fully saturated rings. The number of aromatic amines is 1. The van der Waals surface area contributed by atoms with Gasteiger partial charge in [-0.3, -0.25) is 9.59 Å². The molecule has 25 heavy (non-hydrogen) atoms. The highest BCUT2D eigenvalue weighted by Crippen LogP contribution is 2.25. The Labute approximate surface area is 146 Å². The van der Waals surface area contributed by atoms with Crippen molar-refractivity contribution in [3.8, 4) is 0 Å². The maximum Gasteiger partial charge on any atom is 0.254 e. The number of hydrogen-bond acceptors (Lipinski definition) is 2. The van der Waals surface area contributed by atoms with Crippen molar-refractivity contribution < 1.29 is 4.79 Å². The summed E-state index contributed by atoms with van der Waals surface area (Å²) in [6.07, 6.45) is 0.834. The number of carbonyl (C=O) groups excluding carboxylic acids is 1. The van der Waals surface area contributed by atoms with Crippen LogP contribution in [0.1, 0.15) is 32.6 Å². The van der Waals surface area contributed by atoms with Crippen molar-refractivity contribution in [1.29, 1.82) is 0 Å². The molecule has 126 valence electrons. The van der Waals surface area contributed by atoms with Crippen LogP contribution in [-0.2, 0) is 13.0 Å². The highest BCUT2D eigenvalue weighted by atomic mass is 16.2. The van der Waals surface area contributed by atoms with Gasteiger partial charge in [0.05, 0.1) is 0 Å². The summed E-state index contributed by atoms with van der Waals surface area (Å²) in [7, 11) is 0. The van der Waals surface area contributed by atoms with E-state index in [0.29, 0.717) is 13.1 Å². The number of nitrogens with one attached hydrogen (secondary N) is 1. The van der Waals surface area contributed by atoms with E-state index in [2.05, 4.69) is 11.1 Å². The van der Waals surface area contributed by atoms with Gasteiger partial charge >= 0.3 is 0 Å². The largest absolute Gasteiger partial charge is 0.334 e. The molecule has 0 spiro atoms. The summed E-state index contributed by atoms with van der Waals surface area (Å²) in [6.45, 7) is 5.11. The molecule has 0 saturated heterocycles. The molecule has 1 aliphatic rings. The molecule has 4 nitrogen and oxygen atoms in total. The monoisotopic (exact) mass is 332 g/mol. The normalized spacial score (nSPS) is 13.8. The highest BCUT2D eigenvalue weighted by molar-refractivity contribution is 5.94. The van der Waals surface area contributed by atoms with Crippen LogP contribution in [0.4, 0.5) is 0 Å². The molecule has 0 unspecified atom stereocenters. The Morgan fingerprint density at radius 3 is 2.72 bits per heavy atom. The number of aryl methyl sites for hydroxylation is 2. The number of benzene rings is 2. The third kappa shape index (κ3) is 2.84. The Morgan fingerprint density at radius 2 is 1.92 bits per heavy atom. The molecular formula is C21H20N2O2. The van der Waals surface area contributed by atoms with E-state index < -0.39 is 0 Å². The van der Waals surface area contributed by atoms with E-state index in [4.69, 9.17) is 0 Å². The number of hydrogen-bond donors (Lipinski definition) is 1. The van der Waals surface area contributed by atoms with Crippen LogP contribution < -0.4 is 5.56 Å². The molecule has 0 saturated carbocycles. The van der Waals surface area contributed by atoms with Gasteiger partial charge in [0, 0.05) is 29.7 Å². The molecule has 4 heteroatoms. The minimum atomic E-state index is -0.0593. The van der Waals surface area contributed by atoms with Crippen LogP contribution in [-0.4, -0.2) is 22.3 Å². The number of H-pyrrole nitrogens is 1. The Bertz CT molecular complexity index is 1050. The maximum absolute atomic E-state index is 12.8. The number of rotatable bonds is 1. The summed E-state index contributed by atoms with van der Waals surface area (Å²) in [5.74, 6) is 0.0619. The van der Waals surface area contributed by atoms with Gasteiger partial charge in [0.25, 0.3) is 11.5 Å². The molecular weight excluding hydrogens is 312 g/mol. The summed E-state index contributed by atoms with van der Waals surface area (Å²) in [6, 6.07) is 13.8. The molecule has 1 amide bonds. The van der Waals surface area contributed by atoms with Crippen molar-refractivity contribution in [2.45, 2.75) is 26.8 Å². The Hall–Kier alpha value is -2.88. The summed E-state index contributed by atoms with van der Waals surface area (Å²) in [5, 5.41) is 1.05. The van der Waals surface area contributed by atoms with Gasteiger partial charge in [-0.15, -0.1) is 0 Å². The van der Waals surface area contributed by atoms with E-state index in [0.717, 1.165) is 39.6 Å². The lowest BCUT2D eigenvalue weighted by Gasteiger charge is -2.29. The average molecular weight is 332 g/mol. The van der Waals surface area contributed by atoms with E-state index in [1.54, 1.807) is 0 Å². The molecule has 2 heterocycles. The molecule has 2 aromatic carbocycles. The molecule has 1 aromatic heterocycles. The van der Waals surface area contributed by atoms with Crippen molar-refractivity contribution in [2.24, 2.45) is 0 Å². The Balaban J connectivity index is 1.68. The van der Waals surface area contributed by atoms with Gasteiger partial charge in [0.2, 0.25) is 0 Å². The van der Waals surface area contributed by atoms with Crippen molar-refractivity contribution >= 4 is 16.8 Å². The zero-order valence-electron chi connectivity index (χ0n) is 14.4. The molecule has 0 bridgehead atoms. The number of nitrogens with zero attached hydrogens (tertiary/aromatic N) is 1. The first-order valence-electron chi connectivity index (χ1n) is 8.52. The molecule has 1 aliphatic heterocycles. The first-order valence-corrected chi connectivity index (χ1v) is 8.52. The fourth-order valence-corrected chi connectivity index (χ4v) is 3.51. The quantitative estimate of drug-likeness (QED) is 0.743. The van der Waals surface area contributed by atoms with Gasteiger partial charge in [-0.2, -0.15) is 0 Å². The van der Waals surface area contributed by atoms with Crippen LogP contribution in [0, 0.1) is 13.8 Å². The number of pyridine rings is 1. The molecule has 4 rings (SSSR count). The summed E-state index contributed by atoms with van der Waals surface area (Å²) in [4.78, 5) is 29.5. The standard InChI is InChI=1S/C21H20N2O2/c1-13-4-3-5-16(8-13)21(25)23-7-6-15-10-17-9-14(2)20(24)22-19(17)11-18(15)12-23/h3-5,8-11H,6-7,12H2,1-2H3,(H,22,24). The minimum Gasteiger partial charge on any atom is -0.334 e. The van der Waals surface area contributed by atoms with Gasteiger partial charge in [-0.1, -0.05) is 17.7 Å². The lowest BCUT2D eigenvalue weighted by molar-refractivity contribution is 0.0734. The van der Waals surface area contributed by atoms with Gasteiger partial charge in [-0.05, 0) is 67.1 Å². The van der Waals surface area contributed by atoms with Gasteiger partial charge in [0.15, 0.2) is 0 Å². The second-order valence-electron chi connectivity index (χ2n) is 6.84. The molecule has 0 atom stereocenters. The van der Waals surface area contributed by atoms with E-state index in [1.807, 2.05) is 55.1 Å². The lowest BCUT2D eigenvalue weighted by Crippen LogP contribution is -2.36. The van der Waals surface area contributed by atoms with Crippen molar-refractivity contribution in [3.63, 3.8) is 0 Å². The van der Waals surface area contributed by atoms with Gasteiger partial charge in [-0.25, -0.2) is 0 Å². The third-order valence-electron chi connectivity index (χ3n) is 4.91. The summed E-state index contributed by atoms with van der Waals surface area (Å²) in [5.41, 5.74) is 5.68. The second-order valence-corrected chi connectivity index (χ2v) is 6.84. The third-order valence-corrected chi connectivity index (χ3v) is 4.91. The van der Waals surface area contributed by atoms with Crippen LogP contribution in [0.25, 0.3) is 10.9 Å². The van der Waals surface area contributed by atoms with Crippen molar-refractivity contribution in [2.75, 3.05) is 6.54 Å². The summed E-state index contributed by atoms with van der Waals surface area (Å²) < 4.78 is 0. The second kappa shape index (κ2) is 5.88. The van der Waals surface area contributed by atoms with E-state index >= 15 is 0 Å². The predicted octanol–water partition coefficient (Wildman–Crippen LogP) is 3.34. The number of carbonyl (C=O) groups is 1. The Kier molecular flexibility index (Phi) is 3.68. The Morgan fingerprint density at radius 1 is 1.08 bits per heavy atom. The van der Waals surface area contributed by atoms with Crippen LogP contribution in [0.15, 0.2) is 47.3 Å². The number of aromatic nitrogens is 1. The van der Waals surface area contributed by atoms with E-state index in [1.165, 1.54) is 5.56 Å². The van der Waals surface area contributed by atoms with Crippen LogP contribution >= 0.6 is 0 Å². The molecule has 0 radical (unpaired) electrons. The van der Waals surface area contributed by atoms with Gasteiger partial charge in [0.1, 0.15) is 0 Å². The first-order chi connectivity index (χ1) is 12.0. The van der Waals surface area contributed by atoms with Crippen molar-refractivity contribution in [3.05, 3.63) is 80.6 Å². The zero-order valence-corrected chi connectivity index (χ0v) is 14.4. The topological polar surface area (TPSA) is 53.2 Å². The van der Waals surface area contributed by atoms with E-state index in [9.17, 15) is 9.59 Å². The van der Waals surface area contributed by atoms with Crippen molar-refractivity contribution in [1.82, 2.24) is 9.88 Å². The predicted molar refractivity (Wildman–Crippen MR) is 98.9 cm³/mol. The fraction of sp³-hybridized carbons (Fsp3) is 0.238. The van der Waals surface area contributed by atoms with E-state index in [-0.39, 0.29) is 11.5 Å². The minimum absolute atomic E-state index is 0.0593. The average Bonchev–Trinajstić information content (AvgIpc) is 2.60. The smallest absolute Gasteiger partial charge is 0.254 e. The van der Waals surface area contributed by atoms with Crippen LogP contribution in [0.5, 0.6) is 0 Å². The SMILES string of the molecule is Cc1cccc(C(=O)N2CCc3cc4cc(C)c(=O)[nH]c4cc3C2)c1. The number of fused-ring (bicyclic) bond motifs is 2. The fourth-order valence-electron chi connectivity index (χ4n) is 3.51. The van der Waals surface area contributed by atoms with Crippen LogP contribution in [0.3, 0.4) is 0 Å². The van der Waals surface area contributed by atoms with Crippen LogP contribution in [0.2, 0.25) is 0 Å². The lowest BCUT2D eigenvalue weighted by atomic mass is 9.96. The molecule has 3 aromatic rings. The highest BCUT2D eigenvalue weighted by Gasteiger charge is 2.22. The molecule has 1 N–H and O–H groups in total. The number of amides is 1. The maximum atomic E-state index is 12.8. The van der Waals surface area contributed by atoms with Gasteiger partial charge < -0.3 is 9.88 Å². The zero-order chi connectivity index (χ0) is 17.6. The first kappa shape index (κ1) is 15.6. The summed E-state index contributed by atoms with van der Waals surface area (Å²) >= 11 is 0. The molecule has 0 aliphatic carbocycles.